The van der Waals surface area contributed by atoms with Gasteiger partial charge in [0.15, 0.2) is 17.2 Å². The second-order valence-electron chi connectivity index (χ2n) is 8.47. The molecule has 0 bridgehead atoms. The lowest BCUT2D eigenvalue weighted by Gasteiger charge is -2.31. The van der Waals surface area contributed by atoms with E-state index < -0.39 is 0 Å². The summed E-state index contributed by atoms with van der Waals surface area (Å²) in [6.07, 6.45) is 1.57. The molecule has 0 fully saturated rings. The predicted octanol–water partition coefficient (Wildman–Crippen LogP) is 4.59. The van der Waals surface area contributed by atoms with Crippen molar-refractivity contribution in [2.75, 3.05) is 21.3 Å². The molecule has 0 saturated heterocycles. The predicted molar refractivity (Wildman–Crippen MR) is 119 cm³/mol. The lowest BCUT2D eigenvalue weighted by Crippen LogP contribution is -2.43. The summed E-state index contributed by atoms with van der Waals surface area (Å²) in [5.74, 6) is 1.32. The van der Waals surface area contributed by atoms with Crippen LogP contribution in [0.3, 0.4) is 0 Å². The van der Waals surface area contributed by atoms with Gasteiger partial charge in [-0.15, -0.1) is 0 Å². The van der Waals surface area contributed by atoms with E-state index in [-0.39, 0.29) is 11.4 Å². The number of nitrogens with zero attached hydrogens (tertiary/aromatic N) is 3. The molecule has 7 heteroatoms. The molecular formula is C23H27N3O3S. The Hall–Kier alpha value is -2.80. The van der Waals surface area contributed by atoms with Crippen molar-refractivity contribution in [1.82, 2.24) is 14.7 Å². The molecule has 158 valence electrons. The second-order valence-corrected chi connectivity index (χ2v) is 9.25. The molecule has 0 spiro atoms. The van der Waals surface area contributed by atoms with Gasteiger partial charge < -0.3 is 14.4 Å². The van der Waals surface area contributed by atoms with Crippen molar-refractivity contribution in [2.24, 2.45) is 0 Å². The third kappa shape index (κ3) is 3.27. The highest BCUT2D eigenvalue weighted by Gasteiger charge is 2.33. The molecule has 2 aromatic heterocycles. The van der Waals surface area contributed by atoms with E-state index in [4.69, 9.17) is 14.6 Å². The fourth-order valence-corrected chi connectivity index (χ4v) is 4.39. The van der Waals surface area contributed by atoms with Crippen molar-refractivity contribution in [3.8, 4) is 28.4 Å². The first-order chi connectivity index (χ1) is 14.3. The van der Waals surface area contributed by atoms with E-state index in [1.807, 2.05) is 61.5 Å². The Morgan fingerprint density at radius 1 is 1.17 bits per heavy atom. The van der Waals surface area contributed by atoms with E-state index in [0.717, 1.165) is 35.3 Å². The lowest BCUT2D eigenvalue weighted by molar-refractivity contribution is 0.0648. The third-order valence-electron chi connectivity index (χ3n) is 5.76. The third-order valence-corrected chi connectivity index (χ3v) is 6.43. The highest BCUT2D eigenvalue weighted by molar-refractivity contribution is 7.08. The molecule has 0 N–H and O–H groups in total. The molecule has 1 aliphatic carbocycles. The van der Waals surface area contributed by atoms with Gasteiger partial charge in [-0.25, -0.2) is 4.68 Å². The number of rotatable bonds is 4. The Morgan fingerprint density at radius 2 is 1.87 bits per heavy atom. The van der Waals surface area contributed by atoms with Crippen LogP contribution in [0.5, 0.6) is 11.5 Å². The minimum absolute atomic E-state index is 0.0587. The van der Waals surface area contributed by atoms with Crippen molar-refractivity contribution >= 4 is 17.2 Å². The topological polar surface area (TPSA) is 56.6 Å². The first-order valence-corrected chi connectivity index (χ1v) is 10.9. The van der Waals surface area contributed by atoms with Crippen LogP contribution in [0, 0.1) is 0 Å². The maximum atomic E-state index is 13.4. The molecule has 0 radical (unpaired) electrons. The summed E-state index contributed by atoms with van der Waals surface area (Å²) in [6, 6.07) is 6.05. The zero-order chi connectivity index (χ0) is 21.6. The summed E-state index contributed by atoms with van der Waals surface area (Å²) in [5, 5.41) is 8.89. The average molecular weight is 428 g/mol. The Balaban J connectivity index is 1.95. The van der Waals surface area contributed by atoms with Gasteiger partial charge in [-0.2, -0.15) is 16.4 Å². The molecule has 3 aromatic rings. The number of aryl methyl sites for hydroxylation is 1. The number of carbonyl (C=O) groups is 1. The lowest BCUT2D eigenvalue weighted by atomic mass is 9.89. The monoisotopic (exact) mass is 427 g/mol. The van der Waals surface area contributed by atoms with E-state index in [9.17, 15) is 4.79 Å². The molecule has 6 nitrogen and oxygen atoms in total. The number of thiophene rings is 1. The Morgan fingerprint density at radius 3 is 2.47 bits per heavy atom. The highest BCUT2D eigenvalue weighted by atomic mass is 32.1. The Labute approximate surface area is 181 Å². The number of ether oxygens (including phenoxy) is 2. The molecule has 0 atom stereocenters. The number of fused-ring (bicyclic) bond motifs is 3. The van der Waals surface area contributed by atoms with Crippen LogP contribution in [0.4, 0.5) is 0 Å². The zero-order valence-corrected chi connectivity index (χ0v) is 19.1. The first kappa shape index (κ1) is 20.5. The smallest absolute Gasteiger partial charge is 0.274 e. The van der Waals surface area contributed by atoms with E-state index in [2.05, 4.69) is 0 Å². The second kappa shape index (κ2) is 7.47. The van der Waals surface area contributed by atoms with Crippen LogP contribution < -0.4 is 9.47 Å². The summed E-state index contributed by atoms with van der Waals surface area (Å²) in [4.78, 5) is 15.2. The van der Waals surface area contributed by atoms with Crippen molar-refractivity contribution in [1.29, 1.82) is 0 Å². The summed E-state index contributed by atoms with van der Waals surface area (Å²) < 4.78 is 13.0. The van der Waals surface area contributed by atoms with E-state index in [0.29, 0.717) is 17.2 Å². The number of carbonyl (C=O) groups excluding carboxylic acids is 1. The van der Waals surface area contributed by atoms with Gasteiger partial charge in [0.05, 0.1) is 25.6 Å². The molecular weight excluding hydrogens is 400 g/mol. The fourth-order valence-electron chi connectivity index (χ4n) is 3.77. The minimum Gasteiger partial charge on any atom is -0.493 e. The molecule has 0 saturated carbocycles. The SMILES string of the molecule is COc1cc2c(cc1OC)-c1c(c([14C](=O)N(C)C(C)(C)C)nn1-c1ccsc1)CC2. The maximum Gasteiger partial charge on any atom is 0.274 e. The Bertz CT molecular complexity index is 1090. The van der Waals surface area contributed by atoms with Crippen molar-refractivity contribution < 1.29 is 14.3 Å². The summed E-state index contributed by atoms with van der Waals surface area (Å²) in [5.41, 5.74) is 5.33. The normalized spacial score (nSPS) is 12.9. The summed E-state index contributed by atoms with van der Waals surface area (Å²) >= 11 is 1.61. The summed E-state index contributed by atoms with van der Waals surface area (Å²) in [6.45, 7) is 6.08. The van der Waals surface area contributed by atoms with E-state index in [1.54, 1.807) is 30.5 Å². The Kier molecular flexibility index (Phi) is 5.10. The van der Waals surface area contributed by atoms with Crippen LogP contribution in [-0.2, 0) is 12.8 Å². The first-order valence-electron chi connectivity index (χ1n) is 9.94. The maximum absolute atomic E-state index is 13.4. The molecule has 1 aromatic carbocycles. The van der Waals surface area contributed by atoms with E-state index >= 15 is 0 Å². The van der Waals surface area contributed by atoms with Crippen molar-refractivity contribution in [3.05, 3.63) is 45.8 Å². The number of hydrogen-bond acceptors (Lipinski definition) is 5. The van der Waals surface area contributed by atoms with Crippen LogP contribution in [0.25, 0.3) is 16.9 Å². The number of benzene rings is 1. The molecule has 0 aliphatic heterocycles. The minimum atomic E-state index is -0.292. The fraction of sp³-hybridized carbons (Fsp3) is 0.391. The quantitative estimate of drug-likeness (QED) is 0.611. The van der Waals surface area contributed by atoms with Gasteiger partial charge in [-0.3, -0.25) is 4.79 Å². The number of aromatic nitrogens is 2. The molecule has 1 amide bonds. The summed E-state index contributed by atoms with van der Waals surface area (Å²) in [7, 11) is 5.12. The molecule has 4 rings (SSSR count). The zero-order valence-electron chi connectivity index (χ0n) is 18.3. The van der Waals surface area contributed by atoms with Crippen LogP contribution in [0.15, 0.2) is 29.0 Å². The molecule has 1 aliphatic rings. The van der Waals surface area contributed by atoms with Gasteiger partial charge in [0.1, 0.15) is 0 Å². The van der Waals surface area contributed by atoms with Gasteiger partial charge in [0.2, 0.25) is 0 Å². The highest BCUT2D eigenvalue weighted by Crippen LogP contribution is 2.42. The van der Waals surface area contributed by atoms with Crippen LogP contribution in [0.2, 0.25) is 0 Å². The molecule has 2 heterocycles. The van der Waals surface area contributed by atoms with Gasteiger partial charge in [0, 0.05) is 29.1 Å². The largest absolute Gasteiger partial charge is 0.493 e. The average Bonchev–Trinajstić information content (AvgIpc) is 3.38. The van der Waals surface area contributed by atoms with Crippen LogP contribution in [-0.4, -0.2) is 47.4 Å². The van der Waals surface area contributed by atoms with Gasteiger partial charge >= 0.3 is 0 Å². The number of methoxy groups -OCH3 is 2. The van der Waals surface area contributed by atoms with Gasteiger partial charge in [-0.05, 0) is 62.8 Å². The molecule has 0 unspecified atom stereocenters. The van der Waals surface area contributed by atoms with Crippen molar-refractivity contribution in [3.63, 3.8) is 0 Å². The van der Waals surface area contributed by atoms with Crippen molar-refractivity contribution in [2.45, 2.75) is 39.2 Å². The van der Waals surface area contributed by atoms with Crippen LogP contribution >= 0.6 is 11.3 Å². The number of amides is 1. The van der Waals surface area contributed by atoms with Crippen LogP contribution in [0.1, 0.15) is 42.4 Å². The van der Waals surface area contributed by atoms with Gasteiger partial charge in [-0.1, -0.05) is 0 Å². The number of hydrogen-bond donors (Lipinski definition) is 0. The standard InChI is InChI=1S/C23H27N3O3S/c1-23(2,3)25(4)22(27)20-16-8-7-14-11-18(28-5)19(29-6)12-17(14)21(16)26(24-20)15-9-10-30-13-15/h9-13H,7-8H2,1-6H3/i22+2. The molecule has 30 heavy (non-hydrogen) atoms. The van der Waals surface area contributed by atoms with Gasteiger partial charge in [0.25, 0.3) is 5.91 Å². The van der Waals surface area contributed by atoms with E-state index in [1.165, 1.54) is 5.56 Å².